The van der Waals surface area contributed by atoms with E-state index >= 15 is 0 Å². The maximum absolute atomic E-state index is 5.02. The molecule has 0 aliphatic carbocycles. The molecule has 46 heavy (non-hydrogen) atoms. The van der Waals surface area contributed by atoms with E-state index in [2.05, 4.69) is 103 Å². The minimum atomic E-state index is 0.659. The van der Waals surface area contributed by atoms with Crippen molar-refractivity contribution in [1.29, 1.82) is 0 Å². The molecule has 1 aromatic heterocycles. The van der Waals surface area contributed by atoms with Gasteiger partial charge in [0, 0.05) is 16.7 Å². The molecule has 0 bridgehead atoms. The first kappa shape index (κ1) is 26.2. The molecule has 1 heterocycles. The van der Waals surface area contributed by atoms with E-state index < -0.39 is 0 Å². The Morgan fingerprint density at radius 3 is 1.46 bits per heavy atom. The van der Waals surface area contributed by atoms with Crippen molar-refractivity contribution in [3.05, 3.63) is 164 Å². The minimum Gasteiger partial charge on any atom is -0.208 e. The van der Waals surface area contributed by atoms with Crippen molar-refractivity contribution in [2.24, 2.45) is 0 Å². The Balaban J connectivity index is 1.21. The zero-order valence-electron chi connectivity index (χ0n) is 24.9. The zero-order chi connectivity index (χ0) is 30.5. The second-order valence-corrected chi connectivity index (χ2v) is 11.6. The Hall–Kier alpha value is -6.19. The third-order valence-corrected chi connectivity index (χ3v) is 8.92. The Labute approximate surface area is 266 Å². The van der Waals surface area contributed by atoms with Crippen molar-refractivity contribution < 1.29 is 0 Å². The monoisotopic (exact) mass is 585 g/mol. The van der Waals surface area contributed by atoms with Crippen LogP contribution >= 0.6 is 0 Å². The topological polar surface area (TPSA) is 38.7 Å². The molecule has 0 atom stereocenters. The third-order valence-electron chi connectivity index (χ3n) is 8.92. The van der Waals surface area contributed by atoms with Crippen molar-refractivity contribution >= 4 is 43.1 Å². The number of aromatic nitrogens is 3. The van der Waals surface area contributed by atoms with Crippen LogP contribution in [-0.2, 0) is 0 Å². The Kier molecular flexibility index (Phi) is 6.14. The van der Waals surface area contributed by atoms with Gasteiger partial charge in [-0.1, -0.05) is 158 Å². The summed E-state index contributed by atoms with van der Waals surface area (Å²) < 4.78 is 0. The number of hydrogen-bond acceptors (Lipinski definition) is 3. The van der Waals surface area contributed by atoms with E-state index in [0.717, 1.165) is 27.5 Å². The summed E-state index contributed by atoms with van der Waals surface area (Å²) >= 11 is 0. The van der Waals surface area contributed by atoms with Gasteiger partial charge >= 0.3 is 0 Å². The highest BCUT2D eigenvalue weighted by Crippen LogP contribution is 2.38. The summed E-state index contributed by atoms with van der Waals surface area (Å²) in [6.07, 6.45) is 0. The van der Waals surface area contributed by atoms with E-state index in [4.69, 9.17) is 15.0 Å². The molecule has 0 N–H and O–H groups in total. The molecule has 0 saturated heterocycles. The van der Waals surface area contributed by atoms with E-state index in [0.29, 0.717) is 17.5 Å². The summed E-state index contributed by atoms with van der Waals surface area (Å²) in [5, 5.41) is 9.88. The molecular weight excluding hydrogens is 558 g/mol. The number of rotatable bonds is 4. The standard InChI is InChI=1S/C43H27N3/c1-3-12-29(13-4-1)41-44-42(30-14-5-2-6-15-30)46-43(45-41)40-20-10-18-36-34(17-9-19-37(36)40)31-22-24-35-32(27-31)23-26-38-33-16-8-7-11-28(33)21-25-39(35)38/h1-27H. The van der Waals surface area contributed by atoms with E-state index in [1.54, 1.807) is 0 Å². The second-order valence-electron chi connectivity index (χ2n) is 11.6. The molecule has 0 radical (unpaired) electrons. The van der Waals surface area contributed by atoms with Gasteiger partial charge in [-0.25, -0.2) is 15.0 Å². The normalized spacial score (nSPS) is 11.5. The van der Waals surface area contributed by atoms with Crippen molar-refractivity contribution in [2.45, 2.75) is 0 Å². The van der Waals surface area contributed by atoms with E-state index in [1.807, 2.05) is 60.7 Å². The Morgan fingerprint density at radius 2 is 0.761 bits per heavy atom. The summed E-state index contributed by atoms with van der Waals surface area (Å²) in [7, 11) is 0. The first-order valence-electron chi connectivity index (χ1n) is 15.5. The molecule has 8 aromatic carbocycles. The number of hydrogen-bond donors (Lipinski definition) is 0. The van der Waals surface area contributed by atoms with Crippen molar-refractivity contribution in [2.75, 3.05) is 0 Å². The first-order chi connectivity index (χ1) is 22.8. The molecule has 0 fully saturated rings. The third kappa shape index (κ3) is 4.41. The van der Waals surface area contributed by atoms with Gasteiger partial charge in [0.15, 0.2) is 17.5 Å². The van der Waals surface area contributed by atoms with Crippen LogP contribution in [0.3, 0.4) is 0 Å². The molecule has 3 nitrogen and oxygen atoms in total. The molecule has 3 heteroatoms. The summed E-state index contributed by atoms with van der Waals surface area (Å²) in [4.78, 5) is 14.9. The van der Waals surface area contributed by atoms with Gasteiger partial charge in [-0.15, -0.1) is 0 Å². The lowest BCUT2D eigenvalue weighted by molar-refractivity contribution is 1.08. The molecule has 0 amide bonds. The van der Waals surface area contributed by atoms with Gasteiger partial charge in [0.25, 0.3) is 0 Å². The van der Waals surface area contributed by atoms with Crippen LogP contribution in [0.1, 0.15) is 0 Å². The van der Waals surface area contributed by atoms with Crippen LogP contribution in [0.15, 0.2) is 164 Å². The summed E-state index contributed by atoms with van der Waals surface area (Å²) in [5.74, 6) is 1.98. The van der Waals surface area contributed by atoms with Crippen LogP contribution in [0, 0.1) is 0 Å². The predicted molar refractivity (Wildman–Crippen MR) is 192 cm³/mol. The van der Waals surface area contributed by atoms with Crippen LogP contribution in [0.5, 0.6) is 0 Å². The maximum Gasteiger partial charge on any atom is 0.164 e. The zero-order valence-corrected chi connectivity index (χ0v) is 24.9. The highest BCUT2D eigenvalue weighted by atomic mass is 15.0. The summed E-state index contributed by atoms with van der Waals surface area (Å²) in [6, 6.07) is 57.6. The van der Waals surface area contributed by atoms with Crippen molar-refractivity contribution in [1.82, 2.24) is 15.0 Å². The molecular formula is C43H27N3. The van der Waals surface area contributed by atoms with Crippen LogP contribution in [0.2, 0.25) is 0 Å². The van der Waals surface area contributed by atoms with Crippen molar-refractivity contribution in [3.63, 3.8) is 0 Å². The van der Waals surface area contributed by atoms with Gasteiger partial charge < -0.3 is 0 Å². The van der Waals surface area contributed by atoms with Gasteiger partial charge in [0.05, 0.1) is 0 Å². The fourth-order valence-corrected chi connectivity index (χ4v) is 6.68. The largest absolute Gasteiger partial charge is 0.208 e. The average molecular weight is 586 g/mol. The van der Waals surface area contributed by atoms with E-state index in [-0.39, 0.29) is 0 Å². The van der Waals surface area contributed by atoms with Crippen LogP contribution in [0.25, 0.3) is 88.4 Å². The van der Waals surface area contributed by atoms with E-state index in [1.165, 1.54) is 43.4 Å². The van der Waals surface area contributed by atoms with Gasteiger partial charge in [-0.05, 0) is 60.3 Å². The lowest BCUT2D eigenvalue weighted by Crippen LogP contribution is -2.00. The fraction of sp³-hybridized carbons (Fsp3) is 0. The molecule has 9 rings (SSSR count). The number of benzene rings is 8. The number of fused-ring (bicyclic) bond motifs is 6. The Bertz CT molecular complexity index is 2520. The summed E-state index contributed by atoms with van der Waals surface area (Å²) in [6.45, 7) is 0. The van der Waals surface area contributed by atoms with Gasteiger partial charge in [-0.3, -0.25) is 0 Å². The highest BCUT2D eigenvalue weighted by molar-refractivity contribution is 6.18. The van der Waals surface area contributed by atoms with Gasteiger partial charge in [-0.2, -0.15) is 0 Å². The van der Waals surface area contributed by atoms with Crippen LogP contribution in [-0.4, -0.2) is 15.0 Å². The number of nitrogens with zero attached hydrogens (tertiary/aromatic N) is 3. The molecule has 214 valence electrons. The molecule has 0 spiro atoms. The summed E-state index contributed by atoms with van der Waals surface area (Å²) in [5.41, 5.74) is 5.26. The van der Waals surface area contributed by atoms with E-state index in [9.17, 15) is 0 Å². The SMILES string of the molecule is c1ccc(-c2nc(-c3ccccc3)nc(-c3cccc4c(-c5ccc6c(ccc7c8ccccc8ccc67)c5)cccc34)n2)cc1. The lowest BCUT2D eigenvalue weighted by Gasteiger charge is -2.13. The molecule has 0 unspecified atom stereocenters. The Morgan fingerprint density at radius 1 is 0.261 bits per heavy atom. The molecule has 0 saturated carbocycles. The molecule has 0 aliphatic rings. The smallest absolute Gasteiger partial charge is 0.164 e. The highest BCUT2D eigenvalue weighted by Gasteiger charge is 2.16. The van der Waals surface area contributed by atoms with Gasteiger partial charge in [0.2, 0.25) is 0 Å². The van der Waals surface area contributed by atoms with Crippen LogP contribution in [0.4, 0.5) is 0 Å². The quantitative estimate of drug-likeness (QED) is 0.193. The minimum absolute atomic E-state index is 0.659. The molecule has 0 aliphatic heterocycles. The average Bonchev–Trinajstić information content (AvgIpc) is 3.14. The lowest BCUT2D eigenvalue weighted by atomic mass is 9.92. The molecule has 9 aromatic rings. The fourth-order valence-electron chi connectivity index (χ4n) is 6.68. The predicted octanol–water partition coefficient (Wildman–Crippen LogP) is 11.2. The first-order valence-corrected chi connectivity index (χ1v) is 15.5. The van der Waals surface area contributed by atoms with Crippen LogP contribution < -0.4 is 0 Å². The maximum atomic E-state index is 5.02. The second kappa shape index (κ2) is 10.8. The van der Waals surface area contributed by atoms with Gasteiger partial charge in [0.1, 0.15) is 0 Å². The van der Waals surface area contributed by atoms with Crippen molar-refractivity contribution in [3.8, 4) is 45.3 Å².